The SMILES string of the molecule is CC.CCC1(CC)CC(Cc2ccnc3c2CN(CCCCl)CC3)C1. The van der Waals surface area contributed by atoms with Crippen molar-refractivity contribution in [3.05, 3.63) is 29.1 Å². The molecule has 0 unspecified atom stereocenters. The Morgan fingerprint density at radius 2 is 1.96 bits per heavy atom. The molecule has 0 radical (unpaired) electrons. The predicted octanol–water partition coefficient (Wildman–Crippen LogP) is 5.85. The summed E-state index contributed by atoms with van der Waals surface area (Å²) >= 11 is 5.86. The van der Waals surface area contributed by atoms with Gasteiger partial charge in [0.15, 0.2) is 0 Å². The lowest BCUT2D eigenvalue weighted by atomic mass is 9.58. The summed E-state index contributed by atoms with van der Waals surface area (Å²) in [6, 6.07) is 2.28. The molecule has 0 atom stereocenters. The Balaban J connectivity index is 0.00000109. The molecular formula is C22H37ClN2. The van der Waals surface area contributed by atoms with E-state index in [1.54, 1.807) is 5.56 Å². The van der Waals surface area contributed by atoms with Crippen LogP contribution in [0.25, 0.3) is 0 Å². The molecule has 1 aliphatic carbocycles. The van der Waals surface area contributed by atoms with Gasteiger partial charge in [-0.05, 0) is 60.8 Å². The summed E-state index contributed by atoms with van der Waals surface area (Å²) in [7, 11) is 0. The van der Waals surface area contributed by atoms with E-state index in [0.717, 1.165) is 44.3 Å². The third-order valence-corrected chi connectivity index (χ3v) is 6.62. The van der Waals surface area contributed by atoms with Crippen molar-refractivity contribution in [2.75, 3.05) is 19.0 Å². The Bertz CT molecular complexity index is 517. The second kappa shape index (κ2) is 9.92. The highest BCUT2D eigenvalue weighted by Crippen LogP contribution is 2.51. The third-order valence-electron chi connectivity index (χ3n) is 6.35. The number of aromatic nitrogens is 1. The molecule has 0 bridgehead atoms. The van der Waals surface area contributed by atoms with Crippen LogP contribution in [-0.4, -0.2) is 28.9 Å². The van der Waals surface area contributed by atoms with Gasteiger partial charge in [-0.15, -0.1) is 11.6 Å². The second-order valence-corrected chi connectivity index (χ2v) is 8.03. The minimum Gasteiger partial charge on any atom is -0.299 e. The number of halogens is 1. The maximum absolute atomic E-state index is 5.86. The lowest BCUT2D eigenvalue weighted by Crippen LogP contribution is -2.38. The zero-order valence-corrected chi connectivity index (χ0v) is 17.5. The molecule has 1 aliphatic heterocycles. The van der Waals surface area contributed by atoms with Crippen LogP contribution in [0, 0.1) is 11.3 Å². The summed E-state index contributed by atoms with van der Waals surface area (Å²) in [5.41, 5.74) is 5.10. The Morgan fingerprint density at radius 1 is 1.24 bits per heavy atom. The molecule has 2 aliphatic rings. The number of alkyl halides is 1. The molecule has 3 heteroatoms. The van der Waals surface area contributed by atoms with Crippen molar-refractivity contribution in [2.45, 2.75) is 79.2 Å². The molecule has 0 aromatic carbocycles. The van der Waals surface area contributed by atoms with E-state index < -0.39 is 0 Å². The highest BCUT2D eigenvalue weighted by atomic mass is 35.5. The minimum absolute atomic E-state index is 0.657. The van der Waals surface area contributed by atoms with E-state index >= 15 is 0 Å². The highest BCUT2D eigenvalue weighted by molar-refractivity contribution is 6.17. The molecule has 0 amide bonds. The van der Waals surface area contributed by atoms with E-state index in [0.29, 0.717) is 5.41 Å². The van der Waals surface area contributed by atoms with Gasteiger partial charge in [-0.2, -0.15) is 0 Å². The molecule has 1 aromatic heterocycles. The van der Waals surface area contributed by atoms with E-state index in [1.165, 1.54) is 43.4 Å². The first-order valence-electron chi connectivity index (χ1n) is 10.4. The van der Waals surface area contributed by atoms with Crippen molar-refractivity contribution in [3.8, 4) is 0 Å². The molecule has 0 saturated heterocycles. The molecule has 142 valence electrons. The summed E-state index contributed by atoms with van der Waals surface area (Å²) < 4.78 is 0. The number of fused-ring (bicyclic) bond motifs is 1. The van der Waals surface area contributed by atoms with Crippen LogP contribution in [0.5, 0.6) is 0 Å². The van der Waals surface area contributed by atoms with Gasteiger partial charge < -0.3 is 0 Å². The fourth-order valence-corrected chi connectivity index (χ4v) is 4.79. The van der Waals surface area contributed by atoms with Crippen molar-refractivity contribution in [2.24, 2.45) is 11.3 Å². The van der Waals surface area contributed by atoms with Gasteiger partial charge in [0.1, 0.15) is 0 Å². The lowest BCUT2D eigenvalue weighted by Gasteiger charge is -2.48. The van der Waals surface area contributed by atoms with Crippen LogP contribution in [0.4, 0.5) is 0 Å². The van der Waals surface area contributed by atoms with Gasteiger partial charge in [-0.1, -0.05) is 40.5 Å². The third kappa shape index (κ3) is 4.98. The summed E-state index contributed by atoms with van der Waals surface area (Å²) in [6.45, 7) is 12.1. The first-order chi connectivity index (χ1) is 12.2. The van der Waals surface area contributed by atoms with Crippen LogP contribution in [-0.2, 0) is 19.4 Å². The van der Waals surface area contributed by atoms with Crippen LogP contribution < -0.4 is 0 Å². The second-order valence-electron chi connectivity index (χ2n) is 7.65. The van der Waals surface area contributed by atoms with Gasteiger partial charge in [0.05, 0.1) is 0 Å². The van der Waals surface area contributed by atoms with Crippen molar-refractivity contribution < 1.29 is 0 Å². The van der Waals surface area contributed by atoms with Gasteiger partial charge in [0.25, 0.3) is 0 Å². The molecule has 2 nitrogen and oxygen atoms in total. The zero-order valence-electron chi connectivity index (χ0n) is 16.8. The summed E-state index contributed by atoms with van der Waals surface area (Å²) in [4.78, 5) is 7.21. The van der Waals surface area contributed by atoms with Crippen molar-refractivity contribution in [3.63, 3.8) is 0 Å². The fourth-order valence-electron chi connectivity index (χ4n) is 4.67. The molecular weight excluding hydrogens is 328 g/mol. The van der Waals surface area contributed by atoms with Crippen molar-refractivity contribution >= 4 is 11.6 Å². The summed E-state index contributed by atoms with van der Waals surface area (Å²) in [6.07, 6.45) is 11.0. The standard InChI is InChI=1S/C20H31ClN2.C2H6/c1-3-20(4-2)13-16(14-20)12-17-6-9-22-19-7-11-23(10-5-8-21)15-18(17)19;1-2/h6,9,16H,3-5,7-8,10-15H2,1-2H3;1-2H3. The average Bonchev–Trinajstić information content (AvgIpc) is 2.64. The maximum atomic E-state index is 5.86. The fraction of sp³-hybridized carbons (Fsp3) is 0.773. The zero-order chi connectivity index (χ0) is 18.3. The molecule has 0 spiro atoms. The Hall–Kier alpha value is -0.600. The van der Waals surface area contributed by atoms with Crippen LogP contribution in [0.2, 0.25) is 0 Å². The summed E-state index contributed by atoms with van der Waals surface area (Å²) in [5.74, 6) is 1.65. The smallest absolute Gasteiger partial charge is 0.0464 e. The topological polar surface area (TPSA) is 16.1 Å². The van der Waals surface area contributed by atoms with E-state index in [-0.39, 0.29) is 0 Å². The van der Waals surface area contributed by atoms with Gasteiger partial charge >= 0.3 is 0 Å². The molecule has 2 heterocycles. The molecule has 1 fully saturated rings. The predicted molar refractivity (Wildman–Crippen MR) is 109 cm³/mol. The van der Waals surface area contributed by atoms with E-state index in [4.69, 9.17) is 11.6 Å². The van der Waals surface area contributed by atoms with Gasteiger partial charge in [-0.25, -0.2) is 0 Å². The number of nitrogens with zero attached hydrogens (tertiary/aromatic N) is 2. The quantitative estimate of drug-likeness (QED) is 0.564. The lowest BCUT2D eigenvalue weighted by molar-refractivity contribution is 0.0456. The molecule has 25 heavy (non-hydrogen) atoms. The average molecular weight is 365 g/mol. The van der Waals surface area contributed by atoms with Gasteiger partial charge in [0.2, 0.25) is 0 Å². The molecule has 3 rings (SSSR count). The van der Waals surface area contributed by atoms with Gasteiger partial charge in [0, 0.05) is 37.3 Å². The Kier molecular flexibility index (Phi) is 8.22. The molecule has 1 aromatic rings. The first kappa shape index (κ1) is 20.7. The van der Waals surface area contributed by atoms with E-state index in [9.17, 15) is 0 Å². The molecule has 1 saturated carbocycles. The summed E-state index contributed by atoms with van der Waals surface area (Å²) in [5, 5.41) is 0. The monoisotopic (exact) mass is 364 g/mol. The Morgan fingerprint density at radius 3 is 2.60 bits per heavy atom. The van der Waals surface area contributed by atoms with Crippen LogP contribution in [0.15, 0.2) is 12.3 Å². The largest absolute Gasteiger partial charge is 0.299 e. The van der Waals surface area contributed by atoms with Crippen molar-refractivity contribution in [1.82, 2.24) is 9.88 Å². The maximum Gasteiger partial charge on any atom is 0.0464 e. The highest BCUT2D eigenvalue weighted by Gasteiger charge is 2.41. The number of hydrogen-bond donors (Lipinski definition) is 0. The van der Waals surface area contributed by atoms with E-state index in [2.05, 4.69) is 29.8 Å². The molecule has 0 N–H and O–H groups in total. The normalized spacial score (nSPS) is 19.6. The van der Waals surface area contributed by atoms with Crippen LogP contribution >= 0.6 is 11.6 Å². The number of hydrogen-bond acceptors (Lipinski definition) is 2. The van der Waals surface area contributed by atoms with Gasteiger partial charge in [-0.3, -0.25) is 9.88 Å². The Labute approximate surface area is 160 Å². The van der Waals surface area contributed by atoms with E-state index in [1.807, 2.05) is 20.0 Å². The first-order valence-corrected chi connectivity index (χ1v) is 11.0. The minimum atomic E-state index is 0.657. The number of rotatable bonds is 7. The van der Waals surface area contributed by atoms with Crippen LogP contribution in [0.1, 0.15) is 76.6 Å². The number of pyridine rings is 1. The van der Waals surface area contributed by atoms with Crippen molar-refractivity contribution in [1.29, 1.82) is 0 Å². The van der Waals surface area contributed by atoms with Crippen LogP contribution in [0.3, 0.4) is 0 Å².